The molecule has 1 aromatic rings. The molecule has 0 aliphatic rings. The Morgan fingerprint density at radius 3 is 2.12 bits per heavy atom. The number of hydrogen-bond donors (Lipinski definition) is 5. The number of hydrogen-bond acceptors (Lipinski definition) is 3. The first kappa shape index (κ1) is 15.1. The molecule has 1 atom stereocenters. The number of nitrogen functional groups attached to an aromatic ring is 1. The molecule has 0 bridgehead atoms. The third kappa shape index (κ3) is 7.39. The molecule has 0 aromatic heterocycles. The highest BCUT2D eigenvalue weighted by molar-refractivity contribution is 7.45. The van der Waals surface area contributed by atoms with E-state index < -0.39 is 13.9 Å². The summed E-state index contributed by atoms with van der Waals surface area (Å²) >= 11 is 0. The van der Waals surface area contributed by atoms with Crippen LogP contribution in [0.5, 0.6) is 0 Å². The summed E-state index contributed by atoms with van der Waals surface area (Å²) in [6, 6.07) is 7.39. The van der Waals surface area contributed by atoms with E-state index in [9.17, 15) is 5.11 Å². The van der Waals surface area contributed by atoms with E-state index in [2.05, 4.69) is 0 Å². The molecule has 16 heavy (non-hydrogen) atoms. The van der Waals surface area contributed by atoms with E-state index in [0.717, 1.165) is 5.56 Å². The highest BCUT2D eigenvalue weighted by Gasteiger charge is 2.06. The Morgan fingerprint density at radius 1 is 1.31 bits per heavy atom. The zero-order chi connectivity index (χ0) is 12.8. The average molecular weight is 249 g/mol. The Kier molecular flexibility index (Phi) is 6.25. The molecule has 7 heteroatoms. The first-order valence-corrected chi connectivity index (χ1v) is 6.13. The molecular formula is C9H16NO5P. The van der Waals surface area contributed by atoms with Crippen molar-refractivity contribution in [2.75, 3.05) is 5.73 Å². The molecule has 0 fully saturated rings. The molecule has 1 aromatic carbocycles. The quantitative estimate of drug-likeness (QED) is 0.390. The predicted octanol–water partition coefficient (Wildman–Crippen LogP) is 0.784. The zero-order valence-corrected chi connectivity index (χ0v) is 9.71. The number of anilines is 1. The Morgan fingerprint density at radius 2 is 1.75 bits per heavy atom. The summed E-state index contributed by atoms with van der Waals surface area (Å²) in [5.41, 5.74) is 7.13. The molecule has 0 saturated carbocycles. The first-order chi connectivity index (χ1) is 7.25. The second-order valence-corrected chi connectivity index (χ2v) is 4.09. The van der Waals surface area contributed by atoms with Crippen LogP contribution in [0.25, 0.3) is 0 Å². The van der Waals surface area contributed by atoms with E-state index in [-0.39, 0.29) is 0 Å². The van der Waals surface area contributed by atoms with Crippen LogP contribution < -0.4 is 5.73 Å². The van der Waals surface area contributed by atoms with Crippen molar-refractivity contribution in [2.24, 2.45) is 0 Å². The van der Waals surface area contributed by atoms with Gasteiger partial charge >= 0.3 is 7.82 Å². The van der Waals surface area contributed by atoms with Crippen molar-refractivity contribution in [3.8, 4) is 0 Å². The van der Waals surface area contributed by atoms with E-state index >= 15 is 0 Å². The van der Waals surface area contributed by atoms with Crippen LogP contribution in [-0.4, -0.2) is 19.8 Å². The maximum Gasteiger partial charge on any atom is 0.466 e. The molecule has 0 heterocycles. The van der Waals surface area contributed by atoms with E-state index in [1.54, 1.807) is 6.07 Å². The van der Waals surface area contributed by atoms with Gasteiger partial charge in [-0.25, -0.2) is 4.57 Å². The standard InChI is InChI=1S/C9H13NO.H3O4P/c1-2-9(11)7-5-3-4-6-8(7)10;1-5(2,3)4/h3-6,9,11H,2,10H2,1H3;(H3,1,2,3,4). The van der Waals surface area contributed by atoms with Crippen molar-refractivity contribution < 1.29 is 24.4 Å². The van der Waals surface area contributed by atoms with Crippen LogP contribution in [-0.2, 0) is 4.57 Å². The fourth-order valence-corrected chi connectivity index (χ4v) is 1.03. The van der Waals surface area contributed by atoms with Gasteiger partial charge in [0.15, 0.2) is 0 Å². The lowest BCUT2D eigenvalue weighted by Crippen LogP contribution is -1.99. The van der Waals surface area contributed by atoms with Gasteiger partial charge in [-0.15, -0.1) is 0 Å². The fraction of sp³-hybridized carbons (Fsp3) is 0.333. The van der Waals surface area contributed by atoms with Gasteiger partial charge in [-0.1, -0.05) is 25.1 Å². The molecule has 92 valence electrons. The third-order valence-electron chi connectivity index (χ3n) is 1.74. The topological polar surface area (TPSA) is 124 Å². The summed E-state index contributed by atoms with van der Waals surface area (Å²) < 4.78 is 8.88. The fourth-order valence-electron chi connectivity index (χ4n) is 1.03. The molecule has 0 aliphatic heterocycles. The van der Waals surface area contributed by atoms with Crippen LogP contribution >= 0.6 is 7.82 Å². The number of rotatable bonds is 2. The van der Waals surface area contributed by atoms with Crippen LogP contribution in [0.2, 0.25) is 0 Å². The van der Waals surface area contributed by atoms with Crippen molar-refractivity contribution in [3.63, 3.8) is 0 Å². The van der Waals surface area contributed by atoms with Crippen molar-refractivity contribution in [1.82, 2.24) is 0 Å². The second kappa shape index (κ2) is 6.62. The molecule has 0 radical (unpaired) electrons. The Hall–Kier alpha value is -0.910. The van der Waals surface area contributed by atoms with Gasteiger partial charge in [0.1, 0.15) is 0 Å². The van der Waals surface area contributed by atoms with Crippen LogP contribution in [0, 0.1) is 0 Å². The first-order valence-electron chi connectivity index (χ1n) is 4.56. The minimum atomic E-state index is -4.64. The molecule has 0 saturated heterocycles. The molecule has 1 unspecified atom stereocenters. The van der Waals surface area contributed by atoms with E-state index in [1.807, 2.05) is 25.1 Å². The van der Waals surface area contributed by atoms with Crippen LogP contribution in [0.15, 0.2) is 24.3 Å². The number of aliphatic hydroxyl groups excluding tert-OH is 1. The Balaban J connectivity index is 0.000000385. The Bertz CT molecular complexity index is 356. The maximum atomic E-state index is 9.43. The van der Waals surface area contributed by atoms with Gasteiger partial charge in [0, 0.05) is 11.3 Å². The van der Waals surface area contributed by atoms with Crippen LogP contribution in [0.1, 0.15) is 25.0 Å². The third-order valence-corrected chi connectivity index (χ3v) is 1.74. The van der Waals surface area contributed by atoms with Crippen molar-refractivity contribution in [2.45, 2.75) is 19.4 Å². The minimum absolute atomic E-state index is 0.420. The number of nitrogens with two attached hydrogens (primary N) is 1. The minimum Gasteiger partial charge on any atom is -0.398 e. The molecule has 0 aliphatic carbocycles. The number of benzene rings is 1. The van der Waals surface area contributed by atoms with Gasteiger partial charge < -0.3 is 25.5 Å². The molecule has 0 amide bonds. The largest absolute Gasteiger partial charge is 0.466 e. The SMILES string of the molecule is CCC(O)c1ccccc1N.O=P(O)(O)O. The highest BCUT2D eigenvalue weighted by atomic mass is 31.2. The van der Waals surface area contributed by atoms with Crippen molar-refractivity contribution in [3.05, 3.63) is 29.8 Å². The summed E-state index contributed by atoms with van der Waals surface area (Å²) in [6.07, 6.45) is 0.282. The summed E-state index contributed by atoms with van der Waals surface area (Å²) in [5, 5.41) is 9.43. The smallest absolute Gasteiger partial charge is 0.398 e. The number of aliphatic hydroxyl groups is 1. The summed E-state index contributed by atoms with van der Waals surface area (Å²) in [4.78, 5) is 21.6. The second-order valence-electron chi connectivity index (χ2n) is 3.07. The van der Waals surface area contributed by atoms with Gasteiger partial charge in [0.05, 0.1) is 6.10 Å². The molecule has 0 spiro atoms. The lowest BCUT2D eigenvalue weighted by atomic mass is 10.1. The summed E-state index contributed by atoms with van der Waals surface area (Å²) in [7, 11) is -4.64. The van der Waals surface area contributed by atoms with E-state index in [0.29, 0.717) is 12.1 Å². The zero-order valence-electron chi connectivity index (χ0n) is 8.82. The number of para-hydroxylation sites is 1. The van der Waals surface area contributed by atoms with E-state index in [1.165, 1.54) is 0 Å². The van der Waals surface area contributed by atoms with Gasteiger partial charge in [-0.2, -0.15) is 0 Å². The molecular weight excluding hydrogens is 233 g/mol. The molecule has 6 N–H and O–H groups in total. The summed E-state index contributed by atoms with van der Waals surface area (Å²) in [6.45, 7) is 1.93. The molecule has 1 rings (SSSR count). The lowest BCUT2D eigenvalue weighted by Gasteiger charge is -2.09. The van der Waals surface area contributed by atoms with Gasteiger partial charge in [0.2, 0.25) is 0 Å². The maximum absolute atomic E-state index is 9.43. The van der Waals surface area contributed by atoms with Gasteiger partial charge in [-0.3, -0.25) is 0 Å². The molecule has 6 nitrogen and oxygen atoms in total. The Labute approximate surface area is 93.6 Å². The monoisotopic (exact) mass is 249 g/mol. The normalized spacial score (nSPS) is 12.6. The number of phosphoric acid groups is 1. The average Bonchev–Trinajstić information content (AvgIpc) is 2.15. The van der Waals surface area contributed by atoms with Crippen LogP contribution in [0.3, 0.4) is 0 Å². The van der Waals surface area contributed by atoms with Crippen molar-refractivity contribution in [1.29, 1.82) is 0 Å². The van der Waals surface area contributed by atoms with Gasteiger partial charge in [-0.05, 0) is 12.5 Å². The van der Waals surface area contributed by atoms with Crippen molar-refractivity contribution >= 4 is 13.5 Å². The van der Waals surface area contributed by atoms with Crippen LogP contribution in [0.4, 0.5) is 5.69 Å². The van der Waals surface area contributed by atoms with E-state index in [4.69, 9.17) is 25.0 Å². The van der Waals surface area contributed by atoms with Gasteiger partial charge in [0.25, 0.3) is 0 Å². The lowest BCUT2D eigenvalue weighted by molar-refractivity contribution is 0.174. The predicted molar refractivity (Wildman–Crippen MR) is 60.4 cm³/mol. The summed E-state index contributed by atoms with van der Waals surface area (Å²) in [5.74, 6) is 0. The highest BCUT2D eigenvalue weighted by Crippen LogP contribution is 2.25.